The Balaban J connectivity index is 1.49. The molecule has 0 aromatic heterocycles. The number of hydrogen-bond acceptors (Lipinski definition) is 2. The Labute approximate surface area is 154 Å². The molecule has 2 aromatic rings. The van der Waals surface area contributed by atoms with E-state index in [4.69, 9.17) is 0 Å². The Bertz CT molecular complexity index is 757. The standard InChI is InChI=1S/C19H19BrN2OS/c20-14-7-9-15(10-8-14)24-22-19(23)21-18-16-5-1-3-12(16)11-13-4-2-6-17(13)18/h7-11H,1-6H2,(H2,21,22,23). The molecule has 124 valence electrons. The highest BCUT2D eigenvalue weighted by Crippen LogP contribution is 2.38. The summed E-state index contributed by atoms with van der Waals surface area (Å²) in [6.07, 6.45) is 6.85. The van der Waals surface area contributed by atoms with Crippen LogP contribution in [0.3, 0.4) is 0 Å². The third-order valence-electron chi connectivity index (χ3n) is 4.79. The lowest BCUT2D eigenvalue weighted by molar-refractivity contribution is 0.257. The maximum atomic E-state index is 12.4. The molecule has 0 bridgehead atoms. The van der Waals surface area contributed by atoms with Gasteiger partial charge in [-0.2, -0.15) is 0 Å². The van der Waals surface area contributed by atoms with Gasteiger partial charge in [-0.15, -0.1) is 0 Å². The number of amides is 2. The minimum absolute atomic E-state index is 0.141. The van der Waals surface area contributed by atoms with Crippen LogP contribution in [0, 0.1) is 0 Å². The summed E-state index contributed by atoms with van der Waals surface area (Å²) in [4.78, 5) is 13.4. The number of fused-ring (bicyclic) bond motifs is 2. The van der Waals surface area contributed by atoms with E-state index in [1.807, 2.05) is 24.3 Å². The van der Waals surface area contributed by atoms with Crippen molar-refractivity contribution < 1.29 is 4.79 Å². The molecule has 0 spiro atoms. The van der Waals surface area contributed by atoms with Gasteiger partial charge in [-0.05, 0) is 97.0 Å². The van der Waals surface area contributed by atoms with Gasteiger partial charge in [0.2, 0.25) is 0 Å². The third-order valence-corrected chi connectivity index (χ3v) is 6.11. The van der Waals surface area contributed by atoms with Crippen LogP contribution in [-0.2, 0) is 25.7 Å². The number of rotatable bonds is 3. The average Bonchev–Trinajstić information content (AvgIpc) is 3.23. The molecule has 24 heavy (non-hydrogen) atoms. The molecule has 2 amide bonds. The normalized spacial score (nSPS) is 15.0. The highest BCUT2D eigenvalue weighted by molar-refractivity contribution is 9.10. The summed E-state index contributed by atoms with van der Waals surface area (Å²) in [5, 5.41) is 3.14. The lowest BCUT2D eigenvalue weighted by Gasteiger charge is -2.16. The van der Waals surface area contributed by atoms with Gasteiger partial charge in [0.25, 0.3) is 0 Å². The zero-order valence-electron chi connectivity index (χ0n) is 13.3. The Hall–Kier alpha value is -1.46. The first-order chi connectivity index (χ1) is 11.7. The summed E-state index contributed by atoms with van der Waals surface area (Å²) in [5.74, 6) is 0. The van der Waals surface area contributed by atoms with E-state index in [2.05, 4.69) is 32.0 Å². The molecule has 0 atom stereocenters. The van der Waals surface area contributed by atoms with Crippen molar-refractivity contribution in [3.63, 3.8) is 0 Å². The summed E-state index contributed by atoms with van der Waals surface area (Å²) < 4.78 is 3.93. The third kappa shape index (κ3) is 3.20. The van der Waals surface area contributed by atoms with E-state index in [0.717, 1.165) is 40.7 Å². The molecule has 0 unspecified atom stereocenters. The summed E-state index contributed by atoms with van der Waals surface area (Å²) in [6.45, 7) is 0. The molecule has 2 aliphatic carbocycles. The van der Waals surface area contributed by atoms with Crippen molar-refractivity contribution in [1.82, 2.24) is 4.72 Å². The molecule has 5 heteroatoms. The van der Waals surface area contributed by atoms with E-state index >= 15 is 0 Å². The monoisotopic (exact) mass is 402 g/mol. The predicted octanol–water partition coefficient (Wildman–Crippen LogP) is 5.26. The van der Waals surface area contributed by atoms with E-state index in [1.54, 1.807) is 0 Å². The van der Waals surface area contributed by atoms with Crippen LogP contribution in [-0.4, -0.2) is 6.03 Å². The molecule has 0 heterocycles. The second-order valence-corrected chi connectivity index (χ2v) is 8.14. The Morgan fingerprint density at radius 1 is 0.958 bits per heavy atom. The van der Waals surface area contributed by atoms with E-state index < -0.39 is 0 Å². The van der Waals surface area contributed by atoms with Crippen molar-refractivity contribution in [3.05, 3.63) is 57.1 Å². The lowest BCUT2D eigenvalue weighted by atomic mass is 9.99. The van der Waals surface area contributed by atoms with Crippen LogP contribution < -0.4 is 10.0 Å². The number of anilines is 1. The van der Waals surface area contributed by atoms with Gasteiger partial charge in [0.1, 0.15) is 0 Å². The van der Waals surface area contributed by atoms with Crippen molar-refractivity contribution in [2.45, 2.75) is 43.4 Å². The van der Waals surface area contributed by atoms with E-state index in [9.17, 15) is 4.79 Å². The van der Waals surface area contributed by atoms with Crippen molar-refractivity contribution in [2.24, 2.45) is 0 Å². The number of hydrogen-bond donors (Lipinski definition) is 2. The fourth-order valence-corrected chi connectivity index (χ4v) is 4.51. The SMILES string of the molecule is O=C(NSc1ccc(Br)cc1)Nc1c2c(cc3c1CCC3)CCC2. The lowest BCUT2D eigenvalue weighted by Crippen LogP contribution is -2.24. The van der Waals surface area contributed by atoms with Gasteiger partial charge in [0, 0.05) is 15.1 Å². The molecular weight excluding hydrogens is 384 g/mol. The number of halogens is 1. The number of nitrogens with one attached hydrogen (secondary N) is 2. The Morgan fingerprint density at radius 2 is 1.58 bits per heavy atom. The first kappa shape index (κ1) is 16.0. The van der Waals surface area contributed by atoms with E-state index in [1.165, 1.54) is 47.0 Å². The molecule has 2 aromatic carbocycles. The molecule has 0 saturated heterocycles. The fourth-order valence-electron chi connectivity index (χ4n) is 3.71. The molecule has 4 rings (SSSR count). The van der Waals surface area contributed by atoms with Crippen molar-refractivity contribution in [3.8, 4) is 0 Å². The molecule has 0 saturated carbocycles. The molecule has 0 aliphatic heterocycles. The number of carbonyl (C=O) groups excluding carboxylic acids is 1. The minimum atomic E-state index is -0.141. The van der Waals surface area contributed by atoms with Crippen LogP contribution in [0.1, 0.15) is 35.1 Å². The Kier molecular flexibility index (Phi) is 4.55. The molecular formula is C19H19BrN2OS. The summed E-state index contributed by atoms with van der Waals surface area (Å²) >= 11 is 4.76. The number of benzene rings is 2. The van der Waals surface area contributed by atoms with Gasteiger partial charge in [-0.1, -0.05) is 22.0 Å². The van der Waals surface area contributed by atoms with Crippen LogP contribution in [0.4, 0.5) is 10.5 Å². The van der Waals surface area contributed by atoms with Gasteiger partial charge in [-0.3, -0.25) is 4.72 Å². The summed E-state index contributed by atoms with van der Waals surface area (Å²) in [5.41, 5.74) is 6.68. The second-order valence-electron chi connectivity index (χ2n) is 6.35. The maximum Gasteiger partial charge on any atom is 0.329 e. The van der Waals surface area contributed by atoms with Crippen molar-refractivity contribution in [1.29, 1.82) is 0 Å². The number of urea groups is 1. The topological polar surface area (TPSA) is 41.1 Å². The smallest absolute Gasteiger partial charge is 0.307 e. The summed E-state index contributed by atoms with van der Waals surface area (Å²) in [7, 11) is 0. The average molecular weight is 403 g/mol. The quantitative estimate of drug-likeness (QED) is 0.687. The van der Waals surface area contributed by atoms with Crippen LogP contribution in [0.2, 0.25) is 0 Å². The summed E-state index contributed by atoms with van der Waals surface area (Å²) in [6, 6.07) is 10.1. The minimum Gasteiger partial charge on any atom is -0.307 e. The van der Waals surface area contributed by atoms with E-state index in [-0.39, 0.29) is 6.03 Å². The van der Waals surface area contributed by atoms with Crippen molar-refractivity contribution in [2.75, 3.05) is 5.32 Å². The fraction of sp³-hybridized carbons (Fsp3) is 0.316. The van der Waals surface area contributed by atoms with Gasteiger partial charge < -0.3 is 5.32 Å². The number of carbonyl (C=O) groups is 1. The molecule has 2 N–H and O–H groups in total. The van der Waals surface area contributed by atoms with Crippen LogP contribution in [0.25, 0.3) is 0 Å². The van der Waals surface area contributed by atoms with Gasteiger partial charge in [0.15, 0.2) is 0 Å². The van der Waals surface area contributed by atoms with Crippen LogP contribution >= 0.6 is 27.9 Å². The molecule has 0 radical (unpaired) electrons. The molecule has 0 fully saturated rings. The highest BCUT2D eigenvalue weighted by atomic mass is 79.9. The van der Waals surface area contributed by atoms with E-state index in [0.29, 0.717) is 0 Å². The highest BCUT2D eigenvalue weighted by Gasteiger charge is 2.24. The Morgan fingerprint density at radius 3 is 2.21 bits per heavy atom. The molecule has 2 aliphatic rings. The van der Waals surface area contributed by atoms with Gasteiger partial charge >= 0.3 is 6.03 Å². The van der Waals surface area contributed by atoms with Gasteiger partial charge in [0.05, 0.1) is 0 Å². The maximum absolute atomic E-state index is 12.4. The van der Waals surface area contributed by atoms with Crippen LogP contribution in [0.15, 0.2) is 39.7 Å². The first-order valence-electron chi connectivity index (χ1n) is 8.36. The van der Waals surface area contributed by atoms with Crippen LogP contribution in [0.5, 0.6) is 0 Å². The zero-order chi connectivity index (χ0) is 16.5. The predicted molar refractivity (Wildman–Crippen MR) is 103 cm³/mol. The second kappa shape index (κ2) is 6.81. The molecule has 3 nitrogen and oxygen atoms in total. The first-order valence-corrected chi connectivity index (χ1v) is 9.97. The zero-order valence-corrected chi connectivity index (χ0v) is 15.7. The van der Waals surface area contributed by atoms with Crippen molar-refractivity contribution >= 4 is 39.6 Å². The number of aryl methyl sites for hydroxylation is 2. The van der Waals surface area contributed by atoms with Gasteiger partial charge in [-0.25, -0.2) is 4.79 Å². The largest absolute Gasteiger partial charge is 0.329 e.